The van der Waals surface area contributed by atoms with Crippen LogP contribution in [0.15, 0.2) is 24.7 Å². The Kier molecular flexibility index (Phi) is 4.56. The molecule has 0 aliphatic carbocycles. The van der Waals surface area contributed by atoms with Crippen LogP contribution < -0.4 is 5.32 Å². The van der Waals surface area contributed by atoms with Gasteiger partial charge in [0.2, 0.25) is 5.91 Å². The van der Waals surface area contributed by atoms with E-state index in [1.165, 1.54) is 18.5 Å². The number of aromatic nitrogens is 3. The van der Waals surface area contributed by atoms with Crippen molar-refractivity contribution in [1.82, 2.24) is 25.2 Å². The largest absolute Gasteiger partial charge is 0.357 e. The second kappa shape index (κ2) is 6.72. The number of halogens is 4. The summed E-state index contributed by atoms with van der Waals surface area (Å²) < 4.78 is 56.2. The quantitative estimate of drug-likeness (QED) is 0.623. The molecule has 1 saturated heterocycles. The van der Waals surface area contributed by atoms with E-state index in [0.717, 1.165) is 12.6 Å². The molecule has 0 spiro atoms. The van der Waals surface area contributed by atoms with Gasteiger partial charge in [-0.05, 0) is 31.4 Å². The second-order valence-corrected chi connectivity index (χ2v) is 7.57. The van der Waals surface area contributed by atoms with Crippen molar-refractivity contribution in [2.24, 2.45) is 0 Å². The van der Waals surface area contributed by atoms with Crippen LogP contribution in [0.3, 0.4) is 0 Å². The third-order valence-corrected chi connectivity index (χ3v) is 5.26. The zero-order chi connectivity index (χ0) is 21.0. The third kappa shape index (κ3) is 3.45. The maximum Gasteiger partial charge on any atom is 0.357 e. The molecule has 2 aliphatic rings. The van der Waals surface area contributed by atoms with Gasteiger partial charge in [0, 0.05) is 37.1 Å². The van der Waals surface area contributed by atoms with E-state index in [1.54, 1.807) is 0 Å². The predicted molar refractivity (Wildman–Crippen MR) is 94.9 cm³/mol. The summed E-state index contributed by atoms with van der Waals surface area (Å²) in [5, 5.41) is 3.03. The first-order valence-electron chi connectivity index (χ1n) is 9.23. The minimum Gasteiger partial charge on any atom is -0.303 e. The van der Waals surface area contributed by atoms with Crippen molar-refractivity contribution in [1.29, 1.82) is 0 Å². The summed E-state index contributed by atoms with van der Waals surface area (Å²) in [7, 11) is 0. The van der Waals surface area contributed by atoms with Gasteiger partial charge < -0.3 is 5.32 Å². The van der Waals surface area contributed by atoms with E-state index in [-0.39, 0.29) is 29.4 Å². The maximum absolute atomic E-state index is 14.9. The first kappa shape index (κ1) is 19.7. The number of fused-ring (bicyclic) bond motifs is 1. The molecule has 2 unspecified atom stereocenters. The molecule has 1 amide bonds. The Morgan fingerprint density at radius 3 is 2.48 bits per heavy atom. The molecule has 2 aromatic rings. The lowest BCUT2D eigenvalue weighted by Gasteiger charge is -2.27. The summed E-state index contributed by atoms with van der Waals surface area (Å²) >= 11 is 0. The van der Waals surface area contributed by atoms with Crippen LogP contribution in [0.1, 0.15) is 43.6 Å². The van der Waals surface area contributed by atoms with Crippen LogP contribution in [0.25, 0.3) is 11.3 Å². The summed E-state index contributed by atoms with van der Waals surface area (Å²) in [6.45, 7) is 2.33. The Bertz CT molecular complexity index is 945. The SMILES string of the molecule is CC1CCC(C(=O)N2Cc3cc(-c4cnc(C(C)(F)F)nc4)ncc3C2(F)F)N1. The first-order valence-corrected chi connectivity index (χ1v) is 9.23. The fourth-order valence-corrected chi connectivity index (χ4v) is 3.68. The zero-order valence-electron chi connectivity index (χ0n) is 15.8. The van der Waals surface area contributed by atoms with Gasteiger partial charge >= 0.3 is 12.0 Å². The minimum atomic E-state index is -3.46. The number of carbonyl (C=O) groups is 1. The molecule has 2 atom stereocenters. The minimum absolute atomic E-state index is 0.106. The molecule has 1 N–H and O–H groups in total. The Labute approximate surface area is 164 Å². The number of hydrogen-bond acceptors (Lipinski definition) is 5. The van der Waals surface area contributed by atoms with E-state index in [4.69, 9.17) is 0 Å². The first-order chi connectivity index (χ1) is 13.6. The van der Waals surface area contributed by atoms with Gasteiger partial charge in [0.1, 0.15) is 0 Å². The van der Waals surface area contributed by atoms with E-state index >= 15 is 0 Å². The summed E-state index contributed by atoms with van der Waals surface area (Å²) in [6, 6.07) is -2.57. The molecule has 4 rings (SSSR count). The molecule has 0 bridgehead atoms. The summed E-state index contributed by atoms with van der Waals surface area (Å²) in [5.41, 5.74) is 0.509. The highest BCUT2D eigenvalue weighted by molar-refractivity contribution is 5.83. The molecular formula is C19H19F4N5O. The van der Waals surface area contributed by atoms with Crippen LogP contribution in [0.2, 0.25) is 0 Å². The molecule has 154 valence electrons. The molecular weight excluding hydrogens is 390 g/mol. The fraction of sp³-hybridized carbons (Fsp3) is 0.474. The van der Waals surface area contributed by atoms with Gasteiger partial charge in [-0.15, -0.1) is 0 Å². The Hall–Kier alpha value is -2.62. The van der Waals surface area contributed by atoms with Crippen molar-refractivity contribution >= 4 is 5.91 Å². The molecule has 0 saturated carbocycles. The summed E-state index contributed by atoms with van der Waals surface area (Å²) in [4.78, 5) is 24.5. The van der Waals surface area contributed by atoms with Gasteiger partial charge in [0.15, 0.2) is 5.82 Å². The van der Waals surface area contributed by atoms with Gasteiger partial charge in [-0.3, -0.25) is 14.7 Å². The van der Waals surface area contributed by atoms with E-state index in [0.29, 0.717) is 23.8 Å². The molecule has 6 nitrogen and oxygen atoms in total. The normalized spacial score (nSPS) is 23.3. The molecule has 29 heavy (non-hydrogen) atoms. The highest BCUT2D eigenvalue weighted by atomic mass is 19.3. The number of rotatable bonds is 3. The van der Waals surface area contributed by atoms with E-state index in [1.807, 2.05) is 6.92 Å². The zero-order valence-corrected chi connectivity index (χ0v) is 15.8. The van der Waals surface area contributed by atoms with E-state index in [2.05, 4.69) is 20.3 Å². The third-order valence-electron chi connectivity index (χ3n) is 5.26. The lowest BCUT2D eigenvalue weighted by Crippen LogP contribution is -2.48. The summed E-state index contributed by atoms with van der Waals surface area (Å²) in [6.07, 6.45) is 4.63. The van der Waals surface area contributed by atoms with Gasteiger partial charge in [-0.2, -0.15) is 17.6 Å². The average Bonchev–Trinajstić information content (AvgIpc) is 3.21. The van der Waals surface area contributed by atoms with Crippen molar-refractivity contribution in [3.05, 3.63) is 41.6 Å². The monoisotopic (exact) mass is 409 g/mol. The topological polar surface area (TPSA) is 71.0 Å². The second-order valence-electron chi connectivity index (χ2n) is 7.57. The smallest absolute Gasteiger partial charge is 0.303 e. The van der Waals surface area contributed by atoms with E-state index in [9.17, 15) is 22.4 Å². The van der Waals surface area contributed by atoms with Crippen molar-refractivity contribution < 1.29 is 22.4 Å². The molecule has 10 heteroatoms. The van der Waals surface area contributed by atoms with Crippen molar-refractivity contribution in [3.8, 4) is 11.3 Å². The fourth-order valence-electron chi connectivity index (χ4n) is 3.68. The Balaban J connectivity index is 1.60. The van der Waals surface area contributed by atoms with Crippen molar-refractivity contribution in [2.45, 2.75) is 57.3 Å². The van der Waals surface area contributed by atoms with Crippen LogP contribution in [-0.4, -0.2) is 37.8 Å². The highest BCUT2D eigenvalue weighted by Gasteiger charge is 2.51. The van der Waals surface area contributed by atoms with Gasteiger partial charge in [0.25, 0.3) is 0 Å². The van der Waals surface area contributed by atoms with Crippen LogP contribution in [0.4, 0.5) is 17.6 Å². The molecule has 1 fully saturated rings. The lowest BCUT2D eigenvalue weighted by atomic mass is 10.1. The number of pyridine rings is 1. The van der Waals surface area contributed by atoms with Gasteiger partial charge in [0.05, 0.1) is 23.8 Å². The average molecular weight is 409 g/mol. The number of amides is 1. The maximum atomic E-state index is 14.9. The molecule has 0 radical (unpaired) electrons. The van der Waals surface area contributed by atoms with Crippen LogP contribution in [-0.2, 0) is 23.3 Å². The number of nitrogens with one attached hydrogen (secondary N) is 1. The van der Waals surface area contributed by atoms with Gasteiger partial charge in [-0.25, -0.2) is 9.97 Å². The molecule has 2 aliphatic heterocycles. The Morgan fingerprint density at radius 2 is 1.90 bits per heavy atom. The van der Waals surface area contributed by atoms with Crippen LogP contribution in [0, 0.1) is 0 Å². The lowest BCUT2D eigenvalue weighted by molar-refractivity contribution is -0.176. The summed E-state index contributed by atoms with van der Waals surface area (Å²) in [5.74, 6) is -4.46. The van der Waals surface area contributed by atoms with E-state index < -0.39 is 29.7 Å². The highest BCUT2D eigenvalue weighted by Crippen LogP contribution is 2.43. The van der Waals surface area contributed by atoms with Crippen LogP contribution >= 0.6 is 0 Å². The number of carbonyl (C=O) groups excluding carboxylic acids is 1. The van der Waals surface area contributed by atoms with Crippen molar-refractivity contribution in [3.63, 3.8) is 0 Å². The molecule has 4 heterocycles. The molecule has 0 aromatic carbocycles. The number of hydrogen-bond donors (Lipinski definition) is 1. The van der Waals surface area contributed by atoms with Crippen molar-refractivity contribution in [2.75, 3.05) is 0 Å². The molecule has 2 aromatic heterocycles. The number of nitrogens with zero attached hydrogens (tertiary/aromatic N) is 4. The van der Waals surface area contributed by atoms with Gasteiger partial charge in [-0.1, -0.05) is 0 Å². The standard InChI is InChI=1S/C19H19F4N5O/c1-10-3-4-14(27-10)16(29)28-9-11-5-15(24-8-13(11)19(28,22)23)12-6-25-17(26-7-12)18(2,20)21/h5-8,10,14,27H,3-4,9H2,1-2H3. The van der Waals surface area contributed by atoms with Crippen LogP contribution in [0.5, 0.6) is 0 Å². The Morgan fingerprint density at radius 1 is 1.21 bits per heavy atom. The number of alkyl halides is 4. The predicted octanol–water partition coefficient (Wildman–Crippen LogP) is 3.18.